The lowest BCUT2D eigenvalue weighted by atomic mass is 9.75. The predicted molar refractivity (Wildman–Crippen MR) is 130 cm³/mol. The molecule has 8 nitrogen and oxygen atoms in total. The summed E-state index contributed by atoms with van der Waals surface area (Å²) in [7, 11) is 0. The van der Waals surface area contributed by atoms with Gasteiger partial charge in [-0.15, -0.1) is 0 Å². The summed E-state index contributed by atoms with van der Waals surface area (Å²) in [5.74, 6) is -1.16. The first kappa shape index (κ1) is 24.1. The SMILES string of the molecule is O=C(/C=C/c1ccccc1F)N1CCC([C@]2(c3ccccn3)NC(=O)N(C[C@@H]3CCCO3)C2=O)CC1. The molecule has 2 atom stereocenters. The van der Waals surface area contributed by atoms with Crippen LogP contribution in [0, 0.1) is 11.7 Å². The summed E-state index contributed by atoms with van der Waals surface area (Å²) < 4.78 is 19.5. The zero-order valence-electron chi connectivity index (χ0n) is 19.9. The van der Waals surface area contributed by atoms with E-state index in [-0.39, 0.29) is 36.2 Å². The lowest BCUT2D eigenvalue weighted by molar-refractivity contribution is -0.136. The Balaban J connectivity index is 1.33. The number of hydrogen-bond acceptors (Lipinski definition) is 5. The van der Waals surface area contributed by atoms with E-state index in [9.17, 15) is 18.8 Å². The highest BCUT2D eigenvalue weighted by Gasteiger charge is 2.58. The van der Waals surface area contributed by atoms with Gasteiger partial charge in [0.2, 0.25) is 5.91 Å². The maximum Gasteiger partial charge on any atom is 0.325 e. The van der Waals surface area contributed by atoms with Gasteiger partial charge in [-0.3, -0.25) is 19.5 Å². The van der Waals surface area contributed by atoms with Gasteiger partial charge in [-0.05, 0) is 50.0 Å². The quantitative estimate of drug-likeness (QED) is 0.494. The first-order valence-electron chi connectivity index (χ1n) is 12.4. The van der Waals surface area contributed by atoms with Crippen LogP contribution in [0.1, 0.15) is 36.9 Å². The van der Waals surface area contributed by atoms with Gasteiger partial charge in [0.05, 0.1) is 18.3 Å². The van der Waals surface area contributed by atoms with Gasteiger partial charge >= 0.3 is 6.03 Å². The van der Waals surface area contributed by atoms with Crippen LogP contribution in [0.3, 0.4) is 0 Å². The Labute approximate surface area is 209 Å². The van der Waals surface area contributed by atoms with Gasteiger partial charge in [-0.1, -0.05) is 24.3 Å². The number of nitrogens with one attached hydrogen (secondary N) is 1. The van der Waals surface area contributed by atoms with Crippen molar-refractivity contribution in [2.45, 2.75) is 37.3 Å². The molecule has 3 saturated heterocycles. The van der Waals surface area contributed by atoms with E-state index >= 15 is 0 Å². The number of hydrogen-bond donors (Lipinski definition) is 1. The van der Waals surface area contributed by atoms with Crippen LogP contribution < -0.4 is 5.32 Å². The second-order valence-corrected chi connectivity index (χ2v) is 9.46. The Hall–Kier alpha value is -3.59. The van der Waals surface area contributed by atoms with Gasteiger partial charge in [-0.25, -0.2) is 9.18 Å². The van der Waals surface area contributed by atoms with Crippen LogP contribution in [0.2, 0.25) is 0 Å². The van der Waals surface area contributed by atoms with E-state index < -0.39 is 11.6 Å². The minimum atomic E-state index is -1.28. The Morgan fingerprint density at radius 3 is 2.61 bits per heavy atom. The van der Waals surface area contributed by atoms with E-state index in [1.807, 2.05) is 0 Å². The molecule has 4 heterocycles. The van der Waals surface area contributed by atoms with Crippen molar-refractivity contribution in [3.8, 4) is 0 Å². The smallest absolute Gasteiger partial charge is 0.325 e. The number of nitrogens with zero attached hydrogens (tertiary/aromatic N) is 3. The number of piperidine rings is 1. The van der Waals surface area contributed by atoms with Crippen molar-refractivity contribution >= 4 is 23.9 Å². The summed E-state index contributed by atoms with van der Waals surface area (Å²) >= 11 is 0. The molecule has 0 bridgehead atoms. The maximum atomic E-state index is 13.9. The molecule has 0 unspecified atom stereocenters. The third-order valence-corrected chi connectivity index (χ3v) is 7.34. The van der Waals surface area contributed by atoms with Gasteiger partial charge in [0, 0.05) is 43.5 Å². The second kappa shape index (κ2) is 10.2. The molecule has 1 aromatic carbocycles. The molecule has 2 aromatic rings. The Morgan fingerprint density at radius 1 is 1.14 bits per heavy atom. The predicted octanol–water partition coefficient (Wildman–Crippen LogP) is 3.10. The number of benzene rings is 1. The van der Waals surface area contributed by atoms with E-state index in [2.05, 4.69) is 10.3 Å². The number of aromatic nitrogens is 1. The molecular formula is C27H29FN4O4. The Kier molecular flexibility index (Phi) is 6.82. The van der Waals surface area contributed by atoms with Crippen LogP contribution in [0.25, 0.3) is 6.08 Å². The van der Waals surface area contributed by atoms with Crippen molar-refractivity contribution in [1.29, 1.82) is 0 Å². The molecule has 36 heavy (non-hydrogen) atoms. The van der Waals surface area contributed by atoms with E-state index in [0.717, 1.165) is 12.8 Å². The molecule has 188 valence electrons. The number of halogens is 1. The number of ether oxygens (including phenoxy) is 1. The molecule has 0 spiro atoms. The fraction of sp³-hybridized carbons (Fsp3) is 0.407. The standard InChI is InChI=1S/C27H29FN4O4/c28-22-8-2-1-6-19(22)10-11-24(33)31-15-12-20(13-16-31)27(23-9-3-4-14-29-23)25(34)32(26(35)30-27)18-21-7-5-17-36-21/h1-4,6,8-11,14,20-21H,5,7,12-13,15-18H2,(H,30,35)/b11-10+/t21-,27+/m0/s1. The average molecular weight is 493 g/mol. The summed E-state index contributed by atoms with van der Waals surface area (Å²) in [6, 6.07) is 11.2. The third-order valence-electron chi connectivity index (χ3n) is 7.34. The highest BCUT2D eigenvalue weighted by atomic mass is 19.1. The molecule has 3 fully saturated rings. The van der Waals surface area contributed by atoms with Gasteiger partial charge < -0.3 is 15.0 Å². The number of carbonyl (C=O) groups is 3. The van der Waals surface area contributed by atoms with Crippen molar-refractivity contribution in [2.24, 2.45) is 5.92 Å². The van der Waals surface area contributed by atoms with Crippen molar-refractivity contribution in [1.82, 2.24) is 20.1 Å². The summed E-state index contributed by atoms with van der Waals surface area (Å²) in [6.07, 6.45) is 7.06. The van der Waals surface area contributed by atoms with Crippen molar-refractivity contribution in [2.75, 3.05) is 26.2 Å². The maximum absolute atomic E-state index is 13.9. The third kappa shape index (κ3) is 4.51. The van der Waals surface area contributed by atoms with E-state index in [1.165, 1.54) is 23.1 Å². The van der Waals surface area contributed by atoms with Gasteiger partial charge in [0.1, 0.15) is 5.82 Å². The first-order valence-corrected chi connectivity index (χ1v) is 12.4. The first-order chi connectivity index (χ1) is 17.5. The topological polar surface area (TPSA) is 91.8 Å². The van der Waals surface area contributed by atoms with E-state index in [0.29, 0.717) is 43.8 Å². The largest absolute Gasteiger partial charge is 0.376 e. The van der Waals surface area contributed by atoms with Crippen LogP contribution in [-0.2, 0) is 19.9 Å². The zero-order chi connectivity index (χ0) is 25.1. The van der Waals surface area contributed by atoms with Gasteiger partial charge in [0.15, 0.2) is 5.54 Å². The zero-order valence-corrected chi connectivity index (χ0v) is 19.9. The number of carbonyl (C=O) groups excluding carboxylic acids is 3. The Morgan fingerprint density at radius 2 is 1.92 bits per heavy atom. The second-order valence-electron chi connectivity index (χ2n) is 9.46. The summed E-state index contributed by atoms with van der Waals surface area (Å²) in [5, 5.41) is 2.98. The molecule has 1 N–H and O–H groups in total. The van der Waals surface area contributed by atoms with E-state index in [4.69, 9.17) is 4.74 Å². The van der Waals surface area contributed by atoms with Crippen LogP contribution in [0.4, 0.5) is 9.18 Å². The Bertz CT molecular complexity index is 1160. The molecule has 3 aliphatic heterocycles. The summed E-state index contributed by atoms with van der Waals surface area (Å²) in [6.45, 7) is 1.68. The van der Waals surface area contributed by atoms with E-state index in [1.54, 1.807) is 47.5 Å². The van der Waals surface area contributed by atoms with Gasteiger partial charge in [-0.2, -0.15) is 0 Å². The minimum Gasteiger partial charge on any atom is -0.376 e. The molecule has 4 amide bonds. The highest BCUT2D eigenvalue weighted by molar-refractivity contribution is 6.07. The normalized spacial score (nSPS) is 25.1. The van der Waals surface area contributed by atoms with Crippen molar-refractivity contribution < 1.29 is 23.5 Å². The number of urea groups is 1. The number of amides is 4. The molecule has 0 radical (unpaired) electrons. The van der Waals surface area contributed by atoms with Gasteiger partial charge in [0.25, 0.3) is 5.91 Å². The molecule has 5 rings (SSSR count). The molecule has 0 aliphatic carbocycles. The monoisotopic (exact) mass is 492 g/mol. The summed E-state index contributed by atoms with van der Waals surface area (Å²) in [4.78, 5) is 47.1. The number of rotatable bonds is 6. The fourth-order valence-electron chi connectivity index (χ4n) is 5.42. The number of likely N-dealkylation sites (tertiary alicyclic amines) is 1. The lowest BCUT2D eigenvalue weighted by Crippen LogP contribution is -2.54. The number of pyridine rings is 1. The molecule has 1 aromatic heterocycles. The molecule has 9 heteroatoms. The fourth-order valence-corrected chi connectivity index (χ4v) is 5.42. The van der Waals surface area contributed by atoms with Crippen molar-refractivity contribution in [3.63, 3.8) is 0 Å². The molecule has 0 saturated carbocycles. The van der Waals surface area contributed by atoms with Crippen LogP contribution in [-0.4, -0.2) is 65.0 Å². The number of imide groups is 1. The average Bonchev–Trinajstić information content (AvgIpc) is 3.51. The summed E-state index contributed by atoms with van der Waals surface area (Å²) in [5.41, 5.74) is -0.433. The minimum absolute atomic E-state index is 0.153. The van der Waals surface area contributed by atoms with Crippen molar-refractivity contribution in [3.05, 3.63) is 71.8 Å². The van der Waals surface area contributed by atoms with Crippen LogP contribution in [0.5, 0.6) is 0 Å². The van der Waals surface area contributed by atoms with Crippen LogP contribution in [0.15, 0.2) is 54.7 Å². The molecular weight excluding hydrogens is 463 g/mol. The lowest BCUT2D eigenvalue weighted by Gasteiger charge is -2.40. The molecule has 3 aliphatic rings. The van der Waals surface area contributed by atoms with Crippen LogP contribution >= 0.6 is 0 Å². The highest BCUT2D eigenvalue weighted by Crippen LogP contribution is 2.41.